The van der Waals surface area contributed by atoms with E-state index in [-0.39, 0.29) is 12.1 Å². The highest BCUT2D eigenvalue weighted by molar-refractivity contribution is 6.29. The average Bonchev–Trinajstić information content (AvgIpc) is 3.42. The molecule has 0 radical (unpaired) electrons. The average molecular weight is 385 g/mol. The number of rotatable bonds is 6. The van der Waals surface area contributed by atoms with Crippen molar-refractivity contribution in [2.75, 3.05) is 18.4 Å². The van der Waals surface area contributed by atoms with E-state index >= 15 is 0 Å². The van der Waals surface area contributed by atoms with Crippen molar-refractivity contribution in [1.29, 1.82) is 0 Å². The quantitative estimate of drug-likeness (QED) is 0.586. The fourth-order valence-corrected chi connectivity index (χ4v) is 2.52. The van der Waals surface area contributed by atoms with Crippen LogP contribution in [0.5, 0.6) is 0 Å². The van der Waals surface area contributed by atoms with Crippen LogP contribution in [0, 0.1) is 0 Å². The second-order valence-corrected chi connectivity index (χ2v) is 6.35. The van der Waals surface area contributed by atoms with Crippen LogP contribution in [-0.4, -0.2) is 29.0 Å². The van der Waals surface area contributed by atoms with Crippen molar-refractivity contribution in [3.63, 3.8) is 0 Å². The number of aromatic nitrogens is 2. The maximum Gasteiger partial charge on any atom is 0.416 e. The first-order valence-corrected chi connectivity index (χ1v) is 8.44. The van der Waals surface area contributed by atoms with E-state index in [1.54, 1.807) is 6.07 Å². The maximum absolute atomic E-state index is 12.5. The first kappa shape index (κ1) is 18.4. The molecule has 2 N–H and O–H groups in total. The highest BCUT2D eigenvalue weighted by Gasteiger charge is 2.30. The number of hydrogen-bond acceptors (Lipinski definition) is 4. The van der Waals surface area contributed by atoms with Crippen molar-refractivity contribution in [3.05, 3.63) is 52.4 Å². The van der Waals surface area contributed by atoms with Gasteiger partial charge in [0.1, 0.15) is 16.8 Å². The molecule has 1 fully saturated rings. The number of hydrogen-bond donors (Lipinski definition) is 2. The van der Waals surface area contributed by atoms with Crippen LogP contribution in [0.25, 0.3) is 0 Å². The van der Waals surface area contributed by atoms with Crippen LogP contribution < -0.4 is 10.6 Å². The van der Waals surface area contributed by atoms with E-state index in [1.807, 2.05) is 0 Å². The zero-order valence-electron chi connectivity index (χ0n) is 13.6. The zero-order chi connectivity index (χ0) is 18.7. The van der Waals surface area contributed by atoms with Gasteiger partial charge in [-0.3, -0.25) is 4.79 Å². The summed E-state index contributed by atoms with van der Waals surface area (Å²) >= 11 is 5.97. The number of carbonyl (C=O) groups is 1. The molecule has 0 saturated heterocycles. The molecule has 0 bridgehead atoms. The largest absolute Gasteiger partial charge is 0.416 e. The van der Waals surface area contributed by atoms with E-state index in [9.17, 15) is 18.0 Å². The fourth-order valence-electron chi connectivity index (χ4n) is 2.33. The van der Waals surface area contributed by atoms with Crippen LogP contribution in [-0.2, 0) is 6.18 Å². The van der Waals surface area contributed by atoms with Gasteiger partial charge >= 0.3 is 6.18 Å². The number of nitrogens with one attached hydrogen (secondary N) is 2. The third-order valence-electron chi connectivity index (χ3n) is 3.85. The number of amides is 1. The Morgan fingerprint density at radius 1 is 1.15 bits per heavy atom. The molecule has 1 aromatic carbocycles. The Hall–Kier alpha value is -2.35. The predicted molar refractivity (Wildman–Crippen MR) is 91.3 cm³/mol. The van der Waals surface area contributed by atoms with Crippen molar-refractivity contribution in [2.24, 2.45) is 0 Å². The molecule has 1 aliphatic carbocycles. The van der Waals surface area contributed by atoms with Gasteiger partial charge in [0.2, 0.25) is 0 Å². The van der Waals surface area contributed by atoms with Gasteiger partial charge in [0.25, 0.3) is 5.91 Å². The summed E-state index contributed by atoms with van der Waals surface area (Å²) in [5, 5.41) is 6.04. The third kappa shape index (κ3) is 4.85. The molecule has 0 spiro atoms. The maximum atomic E-state index is 12.5. The number of alkyl halides is 3. The minimum Gasteiger partial charge on any atom is -0.368 e. The van der Waals surface area contributed by atoms with Crippen molar-refractivity contribution in [3.8, 4) is 0 Å². The lowest BCUT2D eigenvalue weighted by Gasteiger charge is -2.10. The molecule has 0 atom stereocenters. The standard InChI is InChI=1S/C17H16ClF3N4O/c18-13-9-14(25-15(24-13)10-1-2-10)22-7-8-23-16(26)11-3-5-12(6-4-11)17(19,20)21/h3-6,9-10H,1-2,7-8H2,(H,23,26)(H,22,24,25). The normalized spacial score (nSPS) is 14.2. The Morgan fingerprint density at radius 2 is 1.85 bits per heavy atom. The van der Waals surface area contributed by atoms with Crippen LogP contribution >= 0.6 is 11.6 Å². The molecule has 0 unspecified atom stereocenters. The number of carbonyl (C=O) groups excluding carboxylic acids is 1. The highest BCUT2D eigenvalue weighted by Crippen LogP contribution is 2.38. The van der Waals surface area contributed by atoms with Crippen molar-refractivity contribution >= 4 is 23.3 Å². The van der Waals surface area contributed by atoms with Gasteiger partial charge in [-0.15, -0.1) is 0 Å². The molecule has 1 saturated carbocycles. The first-order chi connectivity index (χ1) is 12.3. The molecule has 0 aliphatic heterocycles. The SMILES string of the molecule is O=C(NCCNc1cc(Cl)nc(C2CC2)n1)c1ccc(C(F)(F)F)cc1. The third-order valence-corrected chi connectivity index (χ3v) is 4.04. The van der Waals surface area contributed by atoms with E-state index in [2.05, 4.69) is 20.6 Å². The van der Waals surface area contributed by atoms with Crippen LogP contribution in [0.15, 0.2) is 30.3 Å². The van der Waals surface area contributed by atoms with E-state index in [0.717, 1.165) is 37.1 Å². The van der Waals surface area contributed by atoms with Gasteiger partial charge in [0.05, 0.1) is 5.56 Å². The second kappa shape index (κ2) is 7.49. The lowest BCUT2D eigenvalue weighted by molar-refractivity contribution is -0.137. The van der Waals surface area contributed by atoms with Gasteiger partial charge in [-0.05, 0) is 37.1 Å². The van der Waals surface area contributed by atoms with Gasteiger partial charge in [-0.2, -0.15) is 13.2 Å². The molecule has 1 aliphatic rings. The Balaban J connectivity index is 1.48. The molecular formula is C17H16ClF3N4O. The number of anilines is 1. The molecule has 2 aromatic rings. The topological polar surface area (TPSA) is 66.9 Å². The smallest absolute Gasteiger partial charge is 0.368 e. The minimum absolute atomic E-state index is 0.166. The van der Waals surface area contributed by atoms with Crippen LogP contribution in [0.2, 0.25) is 5.15 Å². The summed E-state index contributed by atoms with van der Waals surface area (Å²) < 4.78 is 37.5. The Bertz CT molecular complexity index is 792. The van der Waals surface area contributed by atoms with E-state index in [1.165, 1.54) is 0 Å². The van der Waals surface area contributed by atoms with Gasteiger partial charge in [-0.1, -0.05) is 11.6 Å². The lowest BCUT2D eigenvalue weighted by atomic mass is 10.1. The van der Waals surface area contributed by atoms with Gasteiger partial charge in [-0.25, -0.2) is 9.97 Å². The lowest BCUT2D eigenvalue weighted by Crippen LogP contribution is -2.29. The molecule has 1 aromatic heterocycles. The van der Waals surface area contributed by atoms with Crippen LogP contribution in [0.1, 0.15) is 40.5 Å². The predicted octanol–water partition coefficient (Wildman–Crippen LogP) is 3.87. The first-order valence-electron chi connectivity index (χ1n) is 8.07. The molecule has 1 amide bonds. The summed E-state index contributed by atoms with van der Waals surface area (Å²) in [6.07, 6.45) is -2.30. The number of halogens is 4. The number of nitrogens with zero attached hydrogens (tertiary/aromatic N) is 2. The molecule has 26 heavy (non-hydrogen) atoms. The summed E-state index contributed by atoms with van der Waals surface area (Å²) in [5.41, 5.74) is -0.623. The van der Waals surface area contributed by atoms with Crippen LogP contribution in [0.3, 0.4) is 0 Å². The van der Waals surface area contributed by atoms with Gasteiger partial charge in [0.15, 0.2) is 0 Å². The highest BCUT2D eigenvalue weighted by atomic mass is 35.5. The molecular weight excluding hydrogens is 369 g/mol. The number of benzene rings is 1. The summed E-state index contributed by atoms with van der Waals surface area (Å²) in [6.45, 7) is 0.671. The summed E-state index contributed by atoms with van der Waals surface area (Å²) in [7, 11) is 0. The van der Waals surface area contributed by atoms with E-state index in [4.69, 9.17) is 11.6 Å². The molecule has 138 valence electrons. The van der Waals surface area contributed by atoms with E-state index < -0.39 is 17.6 Å². The summed E-state index contributed by atoms with van der Waals surface area (Å²) in [5.74, 6) is 1.22. The summed E-state index contributed by atoms with van der Waals surface area (Å²) in [4.78, 5) is 20.5. The molecule has 3 rings (SSSR count). The second-order valence-electron chi connectivity index (χ2n) is 5.97. The Labute approximate surface area is 153 Å². The van der Waals surface area contributed by atoms with Gasteiger partial charge in [0, 0.05) is 30.6 Å². The van der Waals surface area contributed by atoms with Crippen molar-refractivity contribution < 1.29 is 18.0 Å². The minimum atomic E-state index is -4.42. The van der Waals surface area contributed by atoms with Crippen molar-refractivity contribution in [1.82, 2.24) is 15.3 Å². The fraction of sp³-hybridized carbons (Fsp3) is 0.353. The van der Waals surface area contributed by atoms with Crippen LogP contribution in [0.4, 0.5) is 19.0 Å². The van der Waals surface area contributed by atoms with Crippen molar-refractivity contribution in [2.45, 2.75) is 24.9 Å². The Kier molecular flexibility index (Phi) is 5.31. The molecule has 9 heteroatoms. The van der Waals surface area contributed by atoms with Gasteiger partial charge < -0.3 is 10.6 Å². The Morgan fingerprint density at radius 3 is 2.46 bits per heavy atom. The van der Waals surface area contributed by atoms with E-state index in [0.29, 0.717) is 29.3 Å². The monoisotopic (exact) mass is 384 g/mol. The molecule has 1 heterocycles. The zero-order valence-corrected chi connectivity index (χ0v) is 14.4. The summed E-state index contributed by atoms with van der Waals surface area (Å²) in [6, 6.07) is 5.67. The molecule has 5 nitrogen and oxygen atoms in total.